The van der Waals surface area contributed by atoms with Gasteiger partial charge >= 0.3 is 0 Å². The predicted octanol–water partition coefficient (Wildman–Crippen LogP) is 0.957. The zero-order chi connectivity index (χ0) is 8.10. The quantitative estimate of drug-likeness (QED) is 0.604. The van der Waals surface area contributed by atoms with E-state index in [1.165, 1.54) is 6.08 Å². The predicted molar refractivity (Wildman–Crippen MR) is 40.8 cm³/mol. The number of carbonyl (C=O) groups excluding carboxylic acids is 1. The van der Waals surface area contributed by atoms with Crippen LogP contribution < -0.4 is 5.32 Å². The van der Waals surface area contributed by atoms with Crippen molar-refractivity contribution < 1.29 is 9.18 Å². The van der Waals surface area contributed by atoms with Gasteiger partial charge in [-0.2, -0.15) is 0 Å². The second-order valence-electron chi connectivity index (χ2n) is 2.43. The summed E-state index contributed by atoms with van der Waals surface area (Å²) in [6.45, 7) is 0.453. The maximum atomic E-state index is 12.6. The SMILES string of the molecule is O=CNCC1=CC=CC(F)C1. The molecule has 0 aromatic carbocycles. The molecule has 1 atom stereocenters. The highest BCUT2D eigenvalue weighted by Crippen LogP contribution is 2.13. The molecular weight excluding hydrogens is 145 g/mol. The maximum Gasteiger partial charge on any atom is 0.207 e. The lowest BCUT2D eigenvalue weighted by atomic mass is 10.0. The highest BCUT2D eigenvalue weighted by atomic mass is 19.1. The molecule has 0 aromatic heterocycles. The van der Waals surface area contributed by atoms with Crippen molar-refractivity contribution >= 4 is 6.41 Å². The van der Waals surface area contributed by atoms with Gasteiger partial charge in [-0.3, -0.25) is 4.79 Å². The molecular formula is C8H10FNO. The third kappa shape index (κ3) is 2.53. The van der Waals surface area contributed by atoms with Gasteiger partial charge in [0.15, 0.2) is 0 Å². The van der Waals surface area contributed by atoms with Crippen LogP contribution in [0.5, 0.6) is 0 Å². The first-order chi connectivity index (χ1) is 5.33. The summed E-state index contributed by atoms with van der Waals surface area (Å²) in [4.78, 5) is 9.88. The Balaban J connectivity index is 2.39. The summed E-state index contributed by atoms with van der Waals surface area (Å²) in [6, 6.07) is 0. The first-order valence-corrected chi connectivity index (χ1v) is 3.50. The number of alkyl halides is 1. The zero-order valence-corrected chi connectivity index (χ0v) is 6.09. The minimum Gasteiger partial charge on any atom is -0.355 e. The van der Waals surface area contributed by atoms with Gasteiger partial charge in [0.05, 0.1) is 0 Å². The van der Waals surface area contributed by atoms with E-state index in [2.05, 4.69) is 5.32 Å². The van der Waals surface area contributed by atoms with E-state index >= 15 is 0 Å². The molecule has 1 aliphatic carbocycles. The van der Waals surface area contributed by atoms with Gasteiger partial charge in [0.25, 0.3) is 0 Å². The number of hydrogen-bond acceptors (Lipinski definition) is 1. The monoisotopic (exact) mass is 155 g/mol. The molecule has 0 saturated heterocycles. The lowest BCUT2D eigenvalue weighted by Gasteiger charge is -2.10. The van der Waals surface area contributed by atoms with Crippen LogP contribution in [0.15, 0.2) is 23.8 Å². The fourth-order valence-corrected chi connectivity index (χ4v) is 1.00. The van der Waals surface area contributed by atoms with Gasteiger partial charge in [-0.25, -0.2) is 4.39 Å². The van der Waals surface area contributed by atoms with Gasteiger partial charge in [0, 0.05) is 13.0 Å². The Kier molecular flexibility index (Phi) is 2.83. The van der Waals surface area contributed by atoms with Crippen LogP contribution in [0.25, 0.3) is 0 Å². The Morgan fingerprint density at radius 1 is 1.82 bits per heavy atom. The van der Waals surface area contributed by atoms with E-state index in [4.69, 9.17) is 0 Å². The Bertz CT molecular complexity index is 198. The van der Waals surface area contributed by atoms with E-state index < -0.39 is 6.17 Å². The molecule has 2 nitrogen and oxygen atoms in total. The summed E-state index contributed by atoms with van der Waals surface area (Å²) in [5.74, 6) is 0. The maximum absolute atomic E-state index is 12.6. The molecule has 3 heteroatoms. The molecule has 1 rings (SSSR count). The van der Waals surface area contributed by atoms with Crippen LogP contribution in [0, 0.1) is 0 Å². The minimum absolute atomic E-state index is 0.400. The number of amides is 1. The first kappa shape index (κ1) is 7.98. The molecule has 0 fully saturated rings. The summed E-state index contributed by atoms with van der Waals surface area (Å²) in [5.41, 5.74) is 0.923. The van der Waals surface area contributed by atoms with Crippen molar-refractivity contribution in [1.29, 1.82) is 0 Å². The lowest BCUT2D eigenvalue weighted by Crippen LogP contribution is -2.17. The Hall–Kier alpha value is -1.12. The molecule has 11 heavy (non-hydrogen) atoms. The van der Waals surface area contributed by atoms with E-state index in [1.54, 1.807) is 6.08 Å². The number of halogens is 1. The van der Waals surface area contributed by atoms with Crippen molar-refractivity contribution in [2.45, 2.75) is 12.6 Å². The van der Waals surface area contributed by atoms with Crippen molar-refractivity contribution in [3.05, 3.63) is 23.8 Å². The van der Waals surface area contributed by atoms with Gasteiger partial charge in [0.2, 0.25) is 6.41 Å². The zero-order valence-electron chi connectivity index (χ0n) is 6.09. The highest BCUT2D eigenvalue weighted by Gasteiger charge is 2.08. The summed E-state index contributed by atoms with van der Waals surface area (Å²) in [6.07, 6.45) is 5.14. The molecule has 0 radical (unpaired) electrons. The van der Waals surface area contributed by atoms with E-state index in [9.17, 15) is 9.18 Å². The van der Waals surface area contributed by atoms with Crippen LogP contribution in [0.3, 0.4) is 0 Å². The fraction of sp³-hybridized carbons (Fsp3) is 0.375. The van der Waals surface area contributed by atoms with Crippen LogP contribution in [0.2, 0.25) is 0 Å². The van der Waals surface area contributed by atoms with Crippen molar-refractivity contribution in [3.63, 3.8) is 0 Å². The summed E-state index contributed by atoms with van der Waals surface area (Å²) < 4.78 is 12.6. The summed E-state index contributed by atoms with van der Waals surface area (Å²) >= 11 is 0. The van der Waals surface area contributed by atoms with Crippen LogP contribution in [0.4, 0.5) is 4.39 Å². The summed E-state index contributed by atoms with van der Waals surface area (Å²) in [7, 11) is 0. The van der Waals surface area contributed by atoms with Gasteiger partial charge in [-0.15, -0.1) is 0 Å². The molecule has 1 unspecified atom stereocenters. The molecule has 1 N–H and O–H groups in total. The second-order valence-corrected chi connectivity index (χ2v) is 2.43. The van der Waals surface area contributed by atoms with Crippen LogP contribution >= 0.6 is 0 Å². The molecule has 0 spiro atoms. The fourth-order valence-electron chi connectivity index (χ4n) is 1.00. The largest absolute Gasteiger partial charge is 0.355 e. The average Bonchev–Trinajstić information content (AvgIpc) is 2.01. The molecule has 0 aliphatic heterocycles. The van der Waals surface area contributed by atoms with Crippen molar-refractivity contribution in [2.24, 2.45) is 0 Å². The van der Waals surface area contributed by atoms with E-state index in [1.807, 2.05) is 6.08 Å². The number of allylic oxidation sites excluding steroid dienone is 3. The average molecular weight is 155 g/mol. The molecule has 0 bridgehead atoms. The van der Waals surface area contributed by atoms with Crippen LogP contribution in [0.1, 0.15) is 6.42 Å². The lowest BCUT2D eigenvalue weighted by molar-refractivity contribution is -0.109. The molecule has 0 aromatic rings. The number of nitrogens with one attached hydrogen (secondary N) is 1. The third-order valence-corrected chi connectivity index (χ3v) is 1.52. The normalized spacial score (nSPS) is 22.6. The summed E-state index contributed by atoms with van der Waals surface area (Å²) in [5, 5.41) is 2.49. The van der Waals surface area contributed by atoms with Gasteiger partial charge in [-0.1, -0.05) is 18.2 Å². The topological polar surface area (TPSA) is 29.1 Å². The van der Waals surface area contributed by atoms with E-state index in [-0.39, 0.29) is 0 Å². The van der Waals surface area contributed by atoms with Gasteiger partial charge < -0.3 is 5.32 Å². The van der Waals surface area contributed by atoms with Crippen LogP contribution in [-0.2, 0) is 4.79 Å². The van der Waals surface area contributed by atoms with E-state index in [0.717, 1.165) is 5.57 Å². The van der Waals surface area contributed by atoms with Crippen molar-refractivity contribution in [2.75, 3.05) is 6.54 Å². The molecule has 1 amide bonds. The standard InChI is InChI=1S/C8H10FNO/c9-8-3-1-2-7(4-8)5-10-6-11/h1-3,6,8H,4-5H2,(H,10,11). The molecule has 60 valence electrons. The first-order valence-electron chi connectivity index (χ1n) is 3.50. The van der Waals surface area contributed by atoms with E-state index in [0.29, 0.717) is 19.4 Å². The highest BCUT2D eigenvalue weighted by molar-refractivity contribution is 5.47. The molecule has 1 aliphatic rings. The second kappa shape index (κ2) is 3.91. The number of rotatable bonds is 3. The Morgan fingerprint density at radius 3 is 3.27 bits per heavy atom. The van der Waals surface area contributed by atoms with Crippen molar-refractivity contribution in [1.82, 2.24) is 5.32 Å². The Labute approximate surface area is 64.8 Å². The van der Waals surface area contributed by atoms with Gasteiger partial charge in [0.1, 0.15) is 6.17 Å². The van der Waals surface area contributed by atoms with Gasteiger partial charge in [-0.05, 0) is 5.57 Å². The number of carbonyl (C=O) groups is 1. The Morgan fingerprint density at radius 2 is 2.64 bits per heavy atom. The van der Waals surface area contributed by atoms with Crippen molar-refractivity contribution in [3.8, 4) is 0 Å². The smallest absolute Gasteiger partial charge is 0.207 e. The molecule has 0 heterocycles. The third-order valence-electron chi connectivity index (χ3n) is 1.52. The molecule has 0 saturated carbocycles. The minimum atomic E-state index is -0.886. The van der Waals surface area contributed by atoms with Crippen LogP contribution in [-0.4, -0.2) is 19.1 Å². The number of hydrogen-bond donors (Lipinski definition) is 1.